The lowest BCUT2D eigenvalue weighted by atomic mass is 10.1. The van der Waals surface area contributed by atoms with E-state index in [0.717, 1.165) is 29.1 Å². The van der Waals surface area contributed by atoms with Crippen molar-refractivity contribution in [3.63, 3.8) is 0 Å². The van der Waals surface area contributed by atoms with Gasteiger partial charge >= 0.3 is 0 Å². The van der Waals surface area contributed by atoms with Gasteiger partial charge < -0.3 is 14.2 Å². The molecule has 2 aromatic rings. The maximum Gasteiger partial charge on any atom is 0.264 e. The Kier molecular flexibility index (Phi) is 5.78. The zero-order chi connectivity index (χ0) is 19.4. The van der Waals surface area contributed by atoms with E-state index in [0.29, 0.717) is 26.3 Å². The van der Waals surface area contributed by atoms with Gasteiger partial charge in [-0.15, -0.1) is 0 Å². The van der Waals surface area contributed by atoms with Gasteiger partial charge in [-0.25, -0.2) is 0 Å². The van der Waals surface area contributed by atoms with Crippen LogP contribution in [0.25, 0.3) is 11.8 Å². The Balaban J connectivity index is 1.93. The summed E-state index contributed by atoms with van der Waals surface area (Å²) in [5.41, 5.74) is 5.52. The summed E-state index contributed by atoms with van der Waals surface area (Å²) in [6, 6.07) is 12.6. The molecule has 5 heteroatoms. The number of rotatable bonds is 4. The smallest absolute Gasteiger partial charge is 0.264 e. The van der Waals surface area contributed by atoms with Crippen molar-refractivity contribution in [1.82, 2.24) is 9.47 Å². The highest BCUT2D eigenvalue weighted by Gasteiger charge is 2.21. The van der Waals surface area contributed by atoms with Gasteiger partial charge in [-0.1, -0.05) is 19.1 Å². The monoisotopic (exact) mass is 363 g/mol. The number of carbonyl (C=O) groups is 1. The summed E-state index contributed by atoms with van der Waals surface area (Å²) in [4.78, 5) is 14.3. The third kappa shape index (κ3) is 3.96. The van der Waals surface area contributed by atoms with Crippen LogP contribution in [0.5, 0.6) is 0 Å². The number of carbonyl (C=O) groups excluding carboxylic acids is 1. The highest BCUT2D eigenvalue weighted by Crippen LogP contribution is 2.23. The highest BCUT2D eigenvalue weighted by molar-refractivity contribution is 6.01. The molecular weight excluding hydrogens is 338 g/mol. The van der Waals surface area contributed by atoms with E-state index in [1.807, 2.05) is 19.9 Å². The van der Waals surface area contributed by atoms with E-state index >= 15 is 0 Å². The van der Waals surface area contributed by atoms with E-state index in [2.05, 4.69) is 41.8 Å². The molecule has 2 heterocycles. The summed E-state index contributed by atoms with van der Waals surface area (Å²) in [6.07, 6.45) is 2.71. The fourth-order valence-corrected chi connectivity index (χ4v) is 3.45. The van der Waals surface area contributed by atoms with Crippen LogP contribution in [0.1, 0.15) is 29.4 Å². The second-order valence-corrected chi connectivity index (χ2v) is 6.76. The molecule has 0 bridgehead atoms. The molecule has 5 nitrogen and oxygen atoms in total. The van der Waals surface area contributed by atoms with Gasteiger partial charge in [0.15, 0.2) is 0 Å². The topological polar surface area (TPSA) is 58.3 Å². The Morgan fingerprint density at radius 1 is 1.22 bits per heavy atom. The van der Waals surface area contributed by atoms with Crippen molar-refractivity contribution in [3.05, 3.63) is 58.4 Å². The summed E-state index contributed by atoms with van der Waals surface area (Å²) in [7, 11) is 0. The van der Waals surface area contributed by atoms with Crippen LogP contribution in [0, 0.1) is 25.2 Å². The van der Waals surface area contributed by atoms with Crippen LogP contribution in [-0.2, 0) is 16.0 Å². The Labute approximate surface area is 160 Å². The average Bonchev–Trinajstić information content (AvgIpc) is 2.99. The molecule has 0 atom stereocenters. The minimum absolute atomic E-state index is 0.165. The SMILES string of the molecule is CCc1ccc(-n2c(C)cc(/C=C(\C#N)C(=O)N3CCOCC3)c2C)cc1. The number of nitriles is 1. The number of ether oxygens (including phenoxy) is 1. The first-order valence-electron chi connectivity index (χ1n) is 9.32. The zero-order valence-electron chi connectivity index (χ0n) is 16.2. The van der Waals surface area contributed by atoms with E-state index in [1.165, 1.54) is 5.56 Å². The van der Waals surface area contributed by atoms with Crippen molar-refractivity contribution in [2.75, 3.05) is 26.3 Å². The predicted octanol–water partition coefficient (Wildman–Crippen LogP) is 3.42. The van der Waals surface area contributed by atoms with Crippen LogP contribution in [0.4, 0.5) is 0 Å². The predicted molar refractivity (Wildman–Crippen MR) is 106 cm³/mol. The number of aryl methyl sites for hydroxylation is 2. The molecule has 0 spiro atoms. The molecule has 3 rings (SSSR count). The second kappa shape index (κ2) is 8.24. The van der Waals surface area contributed by atoms with Crippen LogP contribution in [-0.4, -0.2) is 41.7 Å². The lowest BCUT2D eigenvalue weighted by Crippen LogP contribution is -2.41. The third-order valence-electron chi connectivity index (χ3n) is 5.02. The van der Waals surface area contributed by atoms with Gasteiger partial charge in [-0.3, -0.25) is 4.79 Å². The Bertz CT molecular complexity index is 895. The molecule has 0 N–H and O–H groups in total. The Morgan fingerprint density at radius 2 is 1.89 bits per heavy atom. The lowest BCUT2D eigenvalue weighted by Gasteiger charge is -2.26. The second-order valence-electron chi connectivity index (χ2n) is 6.76. The number of hydrogen-bond acceptors (Lipinski definition) is 3. The number of morpholine rings is 1. The van der Waals surface area contributed by atoms with Crippen LogP contribution in [0.15, 0.2) is 35.9 Å². The standard InChI is InChI=1S/C22H25N3O2/c1-4-18-5-7-21(8-6-18)25-16(2)13-19(17(25)3)14-20(15-23)22(26)24-9-11-27-12-10-24/h5-8,13-14H,4,9-12H2,1-3H3/b20-14+. The van der Waals surface area contributed by atoms with E-state index in [-0.39, 0.29) is 11.5 Å². The van der Waals surface area contributed by atoms with Gasteiger partial charge in [-0.2, -0.15) is 5.26 Å². The lowest BCUT2D eigenvalue weighted by molar-refractivity contribution is -0.130. The quantitative estimate of drug-likeness (QED) is 0.618. The van der Waals surface area contributed by atoms with E-state index in [4.69, 9.17) is 4.74 Å². The minimum Gasteiger partial charge on any atom is -0.378 e. The van der Waals surface area contributed by atoms with Crippen molar-refractivity contribution in [1.29, 1.82) is 5.26 Å². The summed E-state index contributed by atoms with van der Waals surface area (Å²) < 4.78 is 7.44. The van der Waals surface area contributed by atoms with Gasteiger partial charge in [0.2, 0.25) is 0 Å². The third-order valence-corrected chi connectivity index (χ3v) is 5.02. The van der Waals surface area contributed by atoms with Crippen LogP contribution < -0.4 is 0 Å². The molecule has 0 aliphatic carbocycles. The fourth-order valence-electron chi connectivity index (χ4n) is 3.45. The molecule has 1 aromatic carbocycles. The molecule has 1 aromatic heterocycles. The van der Waals surface area contributed by atoms with Gasteiger partial charge in [0.1, 0.15) is 11.6 Å². The average molecular weight is 363 g/mol. The zero-order valence-corrected chi connectivity index (χ0v) is 16.2. The van der Waals surface area contributed by atoms with E-state index in [9.17, 15) is 10.1 Å². The first-order valence-corrected chi connectivity index (χ1v) is 9.32. The molecule has 1 saturated heterocycles. The number of nitrogens with zero attached hydrogens (tertiary/aromatic N) is 3. The number of aromatic nitrogens is 1. The molecule has 0 radical (unpaired) electrons. The van der Waals surface area contributed by atoms with E-state index < -0.39 is 0 Å². The van der Waals surface area contributed by atoms with Gasteiger partial charge in [0.25, 0.3) is 5.91 Å². The number of benzene rings is 1. The number of hydrogen-bond donors (Lipinski definition) is 0. The first kappa shape index (κ1) is 18.9. The summed E-state index contributed by atoms with van der Waals surface area (Å²) in [6.45, 7) is 8.29. The summed E-state index contributed by atoms with van der Waals surface area (Å²) in [5.74, 6) is -0.224. The van der Waals surface area contributed by atoms with Crippen molar-refractivity contribution < 1.29 is 9.53 Å². The molecule has 0 saturated carbocycles. The summed E-state index contributed by atoms with van der Waals surface area (Å²) >= 11 is 0. The van der Waals surface area contributed by atoms with Crippen molar-refractivity contribution in [3.8, 4) is 11.8 Å². The maximum atomic E-state index is 12.7. The molecule has 27 heavy (non-hydrogen) atoms. The van der Waals surface area contributed by atoms with Crippen LogP contribution >= 0.6 is 0 Å². The highest BCUT2D eigenvalue weighted by atomic mass is 16.5. The molecule has 1 amide bonds. The van der Waals surface area contributed by atoms with E-state index in [1.54, 1.807) is 11.0 Å². The van der Waals surface area contributed by atoms with Crippen molar-refractivity contribution in [2.45, 2.75) is 27.2 Å². The first-order chi connectivity index (χ1) is 13.0. The minimum atomic E-state index is -0.224. The van der Waals surface area contributed by atoms with Crippen molar-refractivity contribution >= 4 is 12.0 Å². The van der Waals surface area contributed by atoms with Crippen LogP contribution in [0.2, 0.25) is 0 Å². The maximum absolute atomic E-state index is 12.7. The van der Waals surface area contributed by atoms with Gasteiger partial charge in [0.05, 0.1) is 13.2 Å². The van der Waals surface area contributed by atoms with Gasteiger partial charge in [0, 0.05) is 30.2 Å². The molecular formula is C22H25N3O2. The molecule has 140 valence electrons. The van der Waals surface area contributed by atoms with Gasteiger partial charge in [-0.05, 0) is 55.7 Å². The van der Waals surface area contributed by atoms with Crippen molar-refractivity contribution in [2.24, 2.45) is 0 Å². The Morgan fingerprint density at radius 3 is 2.48 bits per heavy atom. The summed E-state index contributed by atoms with van der Waals surface area (Å²) in [5, 5.41) is 9.53. The molecule has 1 aliphatic heterocycles. The molecule has 0 unspecified atom stereocenters. The largest absolute Gasteiger partial charge is 0.378 e. The molecule has 1 fully saturated rings. The fraction of sp³-hybridized carbons (Fsp3) is 0.364. The van der Waals surface area contributed by atoms with Crippen LogP contribution in [0.3, 0.4) is 0 Å². The normalized spacial score (nSPS) is 14.9. The molecule has 1 aliphatic rings. The Hall–Kier alpha value is -2.84. The number of amides is 1.